The van der Waals surface area contributed by atoms with Crippen LogP contribution >= 0.6 is 11.6 Å². The van der Waals surface area contributed by atoms with Crippen molar-refractivity contribution in [1.82, 2.24) is 15.0 Å². The van der Waals surface area contributed by atoms with Gasteiger partial charge in [-0.15, -0.1) is 0 Å². The molecule has 170 valence electrons. The van der Waals surface area contributed by atoms with E-state index >= 15 is 0 Å². The van der Waals surface area contributed by atoms with Gasteiger partial charge in [-0.05, 0) is 54.8 Å². The van der Waals surface area contributed by atoms with Crippen molar-refractivity contribution in [3.8, 4) is 11.4 Å². The summed E-state index contributed by atoms with van der Waals surface area (Å²) in [5, 5.41) is 13.9. The van der Waals surface area contributed by atoms with Crippen LogP contribution in [0.5, 0.6) is 0 Å². The topological polar surface area (TPSA) is 132 Å². The normalized spacial score (nSPS) is 12.8. The molecule has 1 atom stereocenters. The number of pyridine rings is 1. The molecule has 0 radical (unpaired) electrons. The van der Waals surface area contributed by atoms with Gasteiger partial charge in [-0.3, -0.25) is 9.79 Å². The molecule has 0 saturated heterocycles. The molecule has 0 spiro atoms. The minimum Gasteiger partial charge on any atom is -0.394 e. The molecule has 0 aliphatic rings. The number of aromatic nitrogens is 3. The Morgan fingerprint density at radius 3 is 2.85 bits per heavy atom. The van der Waals surface area contributed by atoms with Crippen molar-refractivity contribution in [2.24, 2.45) is 10.7 Å². The molecule has 2 heterocycles. The van der Waals surface area contributed by atoms with Crippen LogP contribution in [-0.2, 0) is 6.42 Å². The highest BCUT2D eigenvalue weighted by molar-refractivity contribution is 6.30. The minimum absolute atomic E-state index is 0.128. The zero-order valence-electron chi connectivity index (χ0n) is 18.3. The maximum absolute atomic E-state index is 12.8. The zero-order chi connectivity index (χ0) is 23.5. The summed E-state index contributed by atoms with van der Waals surface area (Å²) in [5.74, 6) is 0.837. The lowest BCUT2D eigenvalue weighted by atomic mass is 10.1. The first kappa shape index (κ1) is 22.6. The summed E-state index contributed by atoms with van der Waals surface area (Å²) in [7, 11) is 1.63. The summed E-state index contributed by atoms with van der Waals surface area (Å²) in [6.07, 6.45) is 2.09. The maximum atomic E-state index is 12.8. The van der Waals surface area contributed by atoms with E-state index in [0.29, 0.717) is 34.4 Å². The van der Waals surface area contributed by atoms with Gasteiger partial charge in [0.2, 0.25) is 0 Å². The van der Waals surface area contributed by atoms with Crippen molar-refractivity contribution in [2.75, 3.05) is 19.0 Å². The number of aryl methyl sites for hydroxylation is 1. The number of aliphatic hydroxyl groups excluding tert-OH is 1. The van der Waals surface area contributed by atoms with Crippen molar-refractivity contribution in [3.05, 3.63) is 80.7 Å². The number of anilines is 1. The van der Waals surface area contributed by atoms with E-state index in [1.807, 2.05) is 37.3 Å². The molecule has 0 bridgehead atoms. The van der Waals surface area contributed by atoms with Gasteiger partial charge in [0, 0.05) is 23.8 Å². The molecule has 8 nitrogen and oxygen atoms in total. The number of halogens is 1. The van der Waals surface area contributed by atoms with E-state index in [9.17, 15) is 9.90 Å². The van der Waals surface area contributed by atoms with E-state index in [4.69, 9.17) is 17.3 Å². The van der Waals surface area contributed by atoms with E-state index in [1.165, 1.54) is 0 Å². The standard InChI is InChI=1S/C24H25ClN6O2/c1-13-8-15(22(26)27-2)11-19-21(13)31-23(30-19)20-18(6-7-28-24(20)33)29-17(12-32)10-14-4-3-5-16(25)9-14/h3-9,11,17,32H,10,12H2,1-2H3,(H2,26,27)(H,30,31)(H2,28,29,33)/t17-/m0/s1. The van der Waals surface area contributed by atoms with E-state index in [2.05, 4.69) is 25.3 Å². The van der Waals surface area contributed by atoms with Gasteiger partial charge in [0.15, 0.2) is 0 Å². The maximum Gasteiger partial charge on any atom is 0.261 e. The van der Waals surface area contributed by atoms with Crippen molar-refractivity contribution < 1.29 is 5.11 Å². The van der Waals surface area contributed by atoms with E-state index in [0.717, 1.165) is 27.7 Å². The average molecular weight is 465 g/mol. The number of hydrogen-bond acceptors (Lipinski definition) is 5. The van der Waals surface area contributed by atoms with Gasteiger partial charge in [0.1, 0.15) is 17.2 Å². The highest BCUT2D eigenvalue weighted by Gasteiger charge is 2.18. The number of benzene rings is 2. The van der Waals surface area contributed by atoms with Crippen LogP contribution in [0.1, 0.15) is 16.7 Å². The number of aliphatic imine (C=N–C) groups is 1. The Labute approximate surface area is 195 Å². The first-order valence-corrected chi connectivity index (χ1v) is 10.8. The summed E-state index contributed by atoms with van der Waals surface area (Å²) in [6, 6.07) is 12.7. The molecular weight excluding hydrogens is 440 g/mol. The first-order valence-electron chi connectivity index (χ1n) is 10.5. The van der Waals surface area contributed by atoms with Crippen LogP contribution in [0.3, 0.4) is 0 Å². The predicted molar refractivity (Wildman–Crippen MR) is 133 cm³/mol. The van der Waals surface area contributed by atoms with Crippen molar-refractivity contribution in [1.29, 1.82) is 0 Å². The van der Waals surface area contributed by atoms with Crippen LogP contribution in [0, 0.1) is 6.92 Å². The number of H-pyrrole nitrogens is 2. The number of fused-ring (bicyclic) bond motifs is 1. The Morgan fingerprint density at radius 2 is 2.12 bits per heavy atom. The van der Waals surface area contributed by atoms with Gasteiger partial charge >= 0.3 is 0 Å². The molecule has 0 saturated carbocycles. The Bertz CT molecular complexity index is 1390. The number of amidine groups is 1. The molecule has 0 aliphatic carbocycles. The predicted octanol–water partition coefficient (Wildman–Crippen LogP) is 3.23. The third-order valence-corrected chi connectivity index (χ3v) is 5.70. The third kappa shape index (κ3) is 4.76. The number of aliphatic hydroxyl groups is 1. The smallest absolute Gasteiger partial charge is 0.261 e. The molecule has 6 N–H and O–H groups in total. The lowest BCUT2D eigenvalue weighted by Gasteiger charge is -2.19. The van der Waals surface area contributed by atoms with Gasteiger partial charge < -0.3 is 26.1 Å². The molecule has 9 heteroatoms. The largest absolute Gasteiger partial charge is 0.394 e. The molecule has 33 heavy (non-hydrogen) atoms. The number of aromatic amines is 2. The summed E-state index contributed by atoms with van der Waals surface area (Å²) in [6.45, 7) is 1.80. The molecule has 4 aromatic rings. The molecule has 0 fully saturated rings. The Hall–Kier alpha value is -3.62. The van der Waals surface area contributed by atoms with E-state index in [1.54, 1.807) is 25.4 Å². The molecule has 0 amide bonds. The number of hydrogen-bond donors (Lipinski definition) is 5. The SMILES string of the molecule is C/N=C(\N)c1cc(C)c2nc(-c3c(N[C@H](CO)Cc4cccc(Cl)c4)cc[nH]c3=O)[nH]c2c1. The quantitative estimate of drug-likeness (QED) is 0.211. The first-order chi connectivity index (χ1) is 15.9. The summed E-state index contributed by atoms with van der Waals surface area (Å²) in [5.41, 5.74) is 10.8. The highest BCUT2D eigenvalue weighted by Crippen LogP contribution is 2.27. The van der Waals surface area contributed by atoms with Gasteiger partial charge in [-0.1, -0.05) is 23.7 Å². The monoisotopic (exact) mass is 464 g/mol. The molecular formula is C24H25ClN6O2. The Kier molecular flexibility index (Phi) is 6.48. The molecule has 2 aromatic carbocycles. The number of nitrogens with two attached hydrogens (primary N) is 1. The summed E-state index contributed by atoms with van der Waals surface area (Å²) >= 11 is 6.09. The van der Waals surface area contributed by atoms with Crippen LogP contribution in [0.15, 0.2) is 58.4 Å². The number of nitrogens with zero attached hydrogens (tertiary/aromatic N) is 2. The van der Waals surface area contributed by atoms with Crippen LogP contribution in [-0.4, -0.2) is 45.6 Å². The van der Waals surface area contributed by atoms with Crippen molar-refractivity contribution in [3.63, 3.8) is 0 Å². The fraction of sp³-hybridized carbons (Fsp3) is 0.208. The second kappa shape index (κ2) is 9.48. The molecule has 0 aliphatic heterocycles. The van der Waals surface area contributed by atoms with Gasteiger partial charge in [-0.2, -0.15) is 0 Å². The summed E-state index contributed by atoms with van der Waals surface area (Å²) in [4.78, 5) is 27.5. The third-order valence-electron chi connectivity index (χ3n) is 5.46. The van der Waals surface area contributed by atoms with Crippen molar-refractivity contribution >= 4 is 34.2 Å². The second-order valence-electron chi connectivity index (χ2n) is 7.84. The average Bonchev–Trinajstić information content (AvgIpc) is 3.22. The van der Waals surface area contributed by atoms with Crippen LogP contribution in [0.25, 0.3) is 22.4 Å². The van der Waals surface area contributed by atoms with Crippen LogP contribution in [0.4, 0.5) is 5.69 Å². The Balaban J connectivity index is 1.73. The van der Waals surface area contributed by atoms with Crippen LogP contribution in [0.2, 0.25) is 5.02 Å². The van der Waals surface area contributed by atoms with E-state index < -0.39 is 0 Å². The van der Waals surface area contributed by atoms with Crippen molar-refractivity contribution in [2.45, 2.75) is 19.4 Å². The summed E-state index contributed by atoms with van der Waals surface area (Å²) < 4.78 is 0. The van der Waals surface area contributed by atoms with Gasteiger partial charge in [-0.25, -0.2) is 4.98 Å². The molecule has 0 unspecified atom stereocenters. The molecule has 4 rings (SSSR count). The number of rotatable bonds is 7. The number of imidazole rings is 1. The zero-order valence-corrected chi connectivity index (χ0v) is 19.1. The number of nitrogens with one attached hydrogen (secondary N) is 3. The van der Waals surface area contributed by atoms with Crippen LogP contribution < -0.4 is 16.6 Å². The second-order valence-corrected chi connectivity index (χ2v) is 8.27. The van der Waals surface area contributed by atoms with Gasteiger partial charge in [0.05, 0.1) is 29.4 Å². The minimum atomic E-state index is -0.331. The highest BCUT2D eigenvalue weighted by atomic mass is 35.5. The lowest BCUT2D eigenvalue weighted by molar-refractivity contribution is 0.274. The molecule has 2 aromatic heterocycles. The van der Waals surface area contributed by atoms with E-state index in [-0.39, 0.29) is 18.2 Å². The lowest BCUT2D eigenvalue weighted by Crippen LogP contribution is -2.28. The Morgan fingerprint density at radius 1 is 1.30 bits per heavy atom. The van der Waals surface area contributed by atoms with Gasteiger partial charge in [0.25, 0.3) is 5.56 Å². The fourth-order valence-electron chi connectivity index (χ4n) is 3.85. The fourth-order valence-corrected chi connectivity index (χ4v) is 4.06.